The van der Waals surface area contributed by atoms with Gasteiger partial charge in [0.15, 0.2) is 5.41 Å². The molecule has 0 aliphatic carbocycles. The van der Waals surface area contributed by atoms with Crippen molar-refractivity contribution >= 4 is 34.9 Å². The van der Waals surface area contributed by atoms with Gasteiger partial charge in [0, 0.05) is 32.9 Å². The van der Waals surface area contributed by atoms with Crippen LogP contribution in [0.1, 0.15) is 37.3 Å². The molecular formula is C27H30N6O6. The van der Waals surface area contributed by atoms with E-state index in [-0.39, 0.29) is 36.7 Å². The molecule has 1 atom stereocenters. The van der Waals surface area contributed by atoms with Crippen molar-refractivity contribution in [3.63, 3.8) is 0 Å². The van der Waals surface area contributed by atoms with Gasteiger partial charge in [-0.25, -0.2) is 9.59 Å². The highest BCUT2D eigenvalue weighted by Crippen LogP contribution is 2.49. The molecule has 2 aromatic rings. The van der Waals surface area contributed by atoms with Crippen molar-refractivity contribution in [1.82, 2.24) is 19.4 Å². The van der Waals surface area contributed by atoms with Crippen molar-refractivity contribution in [3.8, 4) is 5.88 Å². The van der Waals surface area contributed by atoms with E-state index in [4.69, 9.17) is 0 Å². The fraction of sp³-hybridized carbons (Fsp3) is 0.407. The Labute approximate surface area is 223 Å². The van der Waals surface area contributed by atoms with Crippen LogP contribution in [0.5, 0.6) is 5.88 Å². The molecule has 204 valence electrons. The number of rotatable bonds is 5. The van der Waals surface area contributed by atoms with Gasteiger partial charge in [0.1, 0.15) is 5.56 Å². The molecule has 0 radical (unpaired) electrons. The minimum atomic E-state index is -1.44. The third-order valence-corrected chi connectivity index (χ3v) is 7.98. The smallest absolute Gasteiger partial charge is 0.332 e. The number of nitrogens with zero attached hydrogens (tertiary/aromatic N) is 5. The Hall–Kier alpha value is -4.48. The van der Waals surface area contributed by atoms with Gasteiger partial charge in [0.2, 0.25) is 17.7 Å². The zero-order valence-corrected chi connectivity index (χ0v) is 22.1. The number of urea groups is 1. The number of hydrogen-bond donors (Lipinski definition) is 2. The number of carbonyl (C=O) groups excluding carboxylic acids is 3. The van der Waals surface area contributed by atoms with E-state index in [9.17, 15) is 29.1 Å². The van der Waals surface area contributed by atoms with Gasteiger partial charge < -0.3 is 10.0 Å². The van der Waals surface area contributed by atoms with E-state index in [1.807, 2.05) is 6.07 Å². The lowest BCUT2D eigenvalue weighted by Gasteiger charge is -2.50. The molecule has 2 fully saturated rings. The molecule has 3 aliphatic heterocycles. The molecule has 4 heterocycles. The van der Waals surface area contributed by atoms with Gasteiger partial charge in [-0.1, -0.05) is 13.0 Å². The molecule has 39 heavy (non-hydrogen) atoms. The van der Waals surface area contributed by atoms with Crippen LogP contribution >= 0.6 is 0 Å². The van der Waals surface area contributed by atoms with Gasteiger partial charge in [-0.15, -0.1) is 6.58 Å². The Morgan fingerprint density at radius 1 is 1.18 bits per heavy atom. The molecule has 3 aliphatic rings. The number of aliphatic imine (C=N–C) groups is 1. The summed E-state index contributed by atoms with van der Waals surface area (Å²) in [6.07, 6.45) is 3.25. The second kappa shape index (κ2) is 9.37. The number of amides is 4. The Balaban J connectivity index is 1.63. The quantitative estimate of drug-likeness (QED) is 0.336. The highest BCUT2D eigenvalue weighted by molar-refractivity contribution is 6.20. The predicted molar refractivity (Wildman–Crippen MR) is 144 cm³/mol. The number of carbonyl (C=O) groups is 3. The molecule has 5 rings (SSSR count). The summed E-state index contributed by atoms with van der Waals surface area (Å²) in [4.78, 5) is 75.5. The Morgan fingerprint density at radius 3 is 2.51 bits per heavy atom. The van der Waals surface area contributed by atoms with Crippen molar-refractivity contribution in [3.05, 3.63) is 62.8 Å². The number of benzene rings is 1. The second-order valence-corrected chi connectivity index (χ2v) is 10.1. The van der Waals surface area contributed by atoms with Crippen molar-refractivity contribution in [2.45, 2.75) is 45.2 Å². The molecule has 1 spiro atoms. The lowest BCUT2D eigenvalue weighted by molar-refractivity contribution is -0.159. The van der Waals surface area contributed by atoms with Gasteiger partial charge in [0.25, 0.3) is 5.56 Å². The zero-order chi connectivity index (χ0) is 28.2. The summed E-state index contributed by atoms with van der Waals surface area (Å²) in [5, 5.41) is 10.7. The Morgan fingerprint density at radius 2 is 1.87 bits per heavy atom. The van der Waals surface area contributed by atoms with Crippen LogP contribution in [0.3, 0.4) is 0 Å². The van der Waals surface area contributed by atoms with Gasteiger partial charge >= 0.3 is 11.7 Å². The molecule has 1 aromatic carbocycles. The number of aromatic hydroxyl groups is 1. The van der Waals surface area contributed by atoms with Crippen LogP contribution in [-0.4, -0.2) is 74.7 Å². The van der Waals surface area contributed by atoms with E-state index < -0.39 is 40.4 Å². The van der Waals surface area contributed by atoms with Gasteiger partial charge in [0.05, 0.1) is 17.4 Å². The van der Waals surface area contributed by atoms with Gasteiger partial charge in [-0.2, -0.15) is 0 Å². The van der Waals surface area contributed by atoms with Crippen molar-refractivity contribution in [2.75, 3.05) is 25.5 Å². The molecule has 0 bridgehead atoms. The summed E-state index contributed by atoms with van der Waals surface area (Å²) in [5.41, 5.74) is -0.756. The number of H-pyrrole nitrogens is 1. The van der Waals surface area contributed by atoms with E-state index in [1.54, 1.807) is 19.1 Å². The molecule has 2 saturated heterocycles. The van der Waals surface area contributed by atoms with Crippen molar-refractivity contribution < 1.29 is 19.5 Å². The Bertz CT molecular complexity index is 1550. The van der Waals surface area contributed by atoms with E-state index in [0.29, 0.717) is 18.7 Å². The highest BCUT2D eigenvalue weighted by atomic mass is 16.3. The van der Waals surface area contributed by atoms with Gasteiger partial charge in [-0.3, -0.25) is 38.7 Å². The topological polar surface area (TPSA) is 148 Å². The molecule has 4 amide bonds. The Kier molecular flexibility index (Phi) is 6.28. The summed E-state index contributed by atoms with van der Waals surface area (Å²) in [5.74, 6) is -1.53. The summed E-state index contributed by atoms with van der Waals surface area (Å²) < 4.78 is 0.994. The van der Waals surface area contributed by atoms with E-state index >= 15 is 0 Å². The molecule has 2 N–H and O–H groups in total. The minimum Gasteiger partial charge on any atom is -0.494 e. The first-order valence-corrected chi connectivity index (χ1v) is 12.8. The number of fused-ring (bicyclic) bond motifs is 4. The van der Waals surface area contributed by atoms with Crippen molar-refractivity contribution in [1.29, 1.82) is 0 Å². The molecule has 1 aromatic heterocycles. The maximum absolute atomic E-state index is 13.6. The lowest BCUT2D eigenvalue weighted by Crippen LogP contribution is -2.70. The largest absolute Gasteiger partial charge is 0.494 e. The number of nitrogens with one attached hydrogen (secondary N) is 1. The molecule has 12 heteroatoms. The van der Waals surface area contributed by atoms with Crippen LogP contribution in [0, 0.1) is 5.41 Å². The van der Waals surface area contributed by atoms with Crippen LogP contribution in [0.25, 0.3) is 0 Å². The van der Waals surface area contributed by atoms with E-state index in [0.717, 1.165) is 32.0 Å². The molecule has 0 saturated carbocycles. The summed E-state index contributed by atoms with van der Waals surface area (Å²) in [6.45, 7) is 6.01. The number of aromatic amines is 1. The number of anilines is 1. The first-order chi connectivity index (χ1) is 18.6. The maximum Gasteiger partial charge on any atom is 0.332 e. The molecule has 12 nitrogen and oxygen atoms in total. The maximum atomic E-state index is 13.6. The number of aromatic nitrogens is 2. The summed E-state index contributed by atoms with van der Waals surface area (Å²) >= 11 is 0. The number of barbiturate groups is 1. The van der Waals surface area contributed by atoms with Gasteiger partial charge in [-0.05, 0) is 49.4 Å². The summed E-state index contributed by atoms with van der Waals surface area (Å²) in [7, 11) is 2.79. The molecule has 0 unspecified atom stereocenters. The SMILES string of the molecule is C=CCn1c(O)c(C(CC)=Nc2ccc3c(c2)CC2(C(=O)N(C)C(=O)N(C)C2=O)[C@@H]2CCCN32)c(=O)[nH]c1=O. The first-order valence-electron chi connectivity index (χ1n) is 12.8. The normalized spacial score (nSPS) is 20.5. The average molecular weight is 535 g/mol. The average Bonchev–Trinajstić information content (AvgIpc) is 3.42. The number of allylic oxidation sites excluding steroid dienone is 1. The summed E-state index contributed by atoms with van der Waals surface area (Å²) in [6, 6.07) is 4.40. The standard InChI is InChI=1S/C27H30N6O6/c1-5-11-33-22(35)20(21(34)29-25(33)38)17(6-2)28-16-9-10-18-15(13-16)14-27(19-8-7-12-32(18)19)23(36)30(3)26(39)31(4)24(27)37/h5,9-10,13,19,35H,1,6-8,11-12,14H2,2-4H3,(H,29,34,38)/t19-/m0/s1. The lowest BCUT2D eigenvalue weighted by atomic mass is 9.68. The predicted octanol–water partition coefficient (Wildman–Crippen LogP) is 1.52. The third-order valence-electron chi connectivity index (χ3n) is 7.98. The minimum absolute atomic E-state index is 0.00315. The van der Waals surface area contributed by atoms with Crippen LogP contribution in [0.2, 0.25) is 0 Å². The van der Waals surface area contributed by atoms with Crippen LogP contribution in [-0.2, 0) is 22.6 Å². The third kappa shape index (κ3) is 3.73. The van der Waals surface area contributed by atoms with Crippen LogP contribution in [0.15, 0.2) is 45.4 Å². The van der Waals surface area contributed by atoms with Crippen molar-refractivity contribution in [2.24, 2.45) is 10.4 Å². The fourth-order valence-electron chi connectivity index (χ4n) is 6.16. The zero-order valence-electron chi connectivity index (χ0n) is 22.1. The molecular weight excluding hydrogens is 504 g/mol. The number of hydrogen-bond acceptors (Lipinski definition) is 8. The van der Waals surface area contributed by atoms with Crippen LogP contribution < -0.4 is 16.1 Å². The highest BCUT2D eigenvalue weighted by Gasteiger charge is 2.63. The van der Waals surface area contributed by atoms with E-state index in [1.165, 1.54) is 20.2 Å². The van der Waals surface area contributed by atoms with Crippen LogP contribution in [0.4, 0.5) is 16.2 Å². The monoisotopic (exact) mass is 534 g/mol. The fourth-order valence-corrected chi connectivity index (χ4v) is 6.16. The number of imide groups is 2. The van der Waals surface area contributed by atoms with E-state index in [2.05, 4.69) is 21.5 Å². The first kappa shape index (κ1) is 26.1. The second-order valence-electron chi connectivity index (χ2n) is 10.1.